The van der Waals surface area contributed by atoms with Crippen LogP contribution in [0.25, 0.3) is 0 Å². The molecule has 0 bridgehead atoms. The summed E-state index contributed by atoms with van der Waals surface area (Å²) in [4.78, 5) is 0. The van der Waals surface area contributed by atoms with Gasteiger partial charge in [0, 0.05) is 5.54 Å². The highest BCUT2D eigenvalue weighted by molar-refractivity contribution is 4.91. The predicted octanol–water partition coefficient (Wildman–Crippen LogP) is 4.50. The molecular formula is C16H31N. The molecule has 0 saturated heterocycles. The molecule has 2 atom stereocenters. The maximum atomic E-state index is 6.70. The van der Waals surface area contributed by atoms with Crippen molar-refractivity contribution in [2.75, 3.05) is 0 Å². The first-order chi connectivity index (χ1) is 8.09. The number of nitrogens with two attached hydrogens (primary N) is 1. The quantitative estimate of drug-likeness (QED) is 0.719. The topological polar surface area (TPSA) is 26.0 Å². The van der Waals surface area contributed by atoms with Gasteiger partial charge in [0.1, 0.15) is 0 Å². The third-order valence-corrected chi connectivity index (χ3v) is 5.38. The number of rotatable bonds is 3. The molecule has 2 aliphatic rings. The molecule has 100 valence electrons. The van der Waals surface area contributed by atoms with Crippen molar-refractivity contribution in [1.29, 1.82) is 0 Å². The van der Waals surface area contributed by atoms with Crippen LogP contribution in [0, 0.1) is 17.8 Å². The summed E-state index contributed by atoms with van der Waals surface area (Å²) in [6.45, 7) is 4.76. The summed E-state index contributed by atoms with van der Waals surface area (Å²) in [6, 6.07) is 0. The summed E-state index contributed by atoms with van der Waals surface area (Å²) in [5.41, 5.74) is 6.89. The van der Waals surface area contributed by atoms with Gasteiger partial charge < -0.3 is 5.73 Å². The molecule has 1 heteroatoms. The van der Waals surface area contributed by atoms with E-state index in [4.69, 9.17) is 5.73 Å². The zero-order chi connectivity index (χ0) is 12.3. The van der Waals surface area contributed by atoms with Crippen LogP contribution in [0.5, 0.6) is 0 Å². The van der Waals surface area contributed by atoms with E-state index in [1.54, 1.807) is 0 Å². The van der Waals surface area contributed by atoms with Crippen molar-refractivity contribution in [3.05, 3.63) is 0 Å². The lowest BCUT2D eigenvalue weighted by Gasteiger charge is -2.31. The third-order valence-electron chi connectivity index (χ3n) is 5.38. The molecule has 2 unspecified atom stereocenters. The van der Waals surface area contributed by atoms with Gasteiger partial charge in [-0.05, 0) is 43.4 Å². The molecule has 1 nitrogen and oxygen atoms in total. The molecule has 2 saturated carbocycles. The van der Waals surface area contributed by atoms with Crippen molar-refractivity contribution in [3.8, 4) is 0 Å². The van der Waals surface area contributed by atoms with E-state index in [1.165, 1.54) is 64.2 Å². The second-order valence-electron chi connectivity index (χ2n) is 7.15. The Morgan fingerprint density at radius 3 is 2.35 bits per heavy atom. The average molecular weight is 237 g/mol. The molecule has 0 spiro atoms. The first kappa shape index (κ1) is 13.4. The molecular weight excluding hydrogens is 206 g/mol. The second kappa shape index (κ2) is 5.73. The second-order valence-corrected chi connectivity index (χ2v) is 7.15. The van der Waals surface area contributed by atoms with E-state index in [9.17, 15) is 0 Å². The lowest BCUT2D eigenvalue weighted by Crippen LogP contribution is -2.41. The maximum Gasteiger partial charge on any atom is 0.0157 e. The van der Waals surface area contributed by atoms with E-state index in [0.717, 1.165) is 17.8 Å². The minimum Gasteiger partial charge on any atom is -0.325 e. The third kappa shape index (κ3) is 3.71. The van der Waals surface area contributed by atoms with E-state index in [0.29, 0.717) is 0 Å². The Kier molecular flexibility index (Phi) is 4.52. The summed E-state index contributed by atoms with van der Waals surface area (Å²) in [7, 11) is 0. The lowest BCUT2D eigenvalue weighted by atomic mass is 9.81. The molecule has 2 fully saturated rings. The highest BCUT2D eigenvalue weighted by Crippen LogP contribution is 2.39. The highest BCUT2D eigenvalue weighted by Gasteiger charge is 2.33. The van der Waals surface area contributed by atoms with Crippen molar-refractivity contribution in [2.24, 2.45) is 23.5 Å². The summed E-state index contributed by atoms with van der Waals surface area (Å²) in [5.74, 6) is 2.74. The van der Waals surface area contributed by atoms with E-state index >= 15 is 0 Å². The van der Waals surface area contributed by atoms with Crippen molar-refractivity contribution in [2.45, 2.75) is 83.6 Å². The Morgan fingerprint density at radius 1 is 1.00 bits per heavy atom. The van der Waals surface area contributed by atoms with Gasteiger partial charge in [-0.2, -0.15) is 0 Å². The van der Waals surface area contributed by atoms with Gasteiger partial charge >= 0.3 is 0 Å². The van der Waals surface area contributed by atoms with Crippen LogP contribution >= 0.6 is 0 Å². The van der Waals surface area contributed by atoms with Crippen molar-refractivity contribution >= 4 is 0 Å². The van der Waals surface area contributed by atoms with Crippen LogP contribution in [0.1, 0.15) is 78.1 Å². The monoisotopic (exact) mass is 237 g/mol. The van der Waals surface area contributed by atoms with Crippen LogP contribution in [-0.4, -0.2) is 5.54 Å². The molecule has 0 amide bonds. The maximum absolute atomic E-state index is 6.70. The SMILES string of the molecule is CC(C)C1CCCC(N)(CC2CCCC2)CC1. The van der Waals surface area contributed by atoms with Crippen LogP contribution in [-0.2, 0) is 0 Å². The Hall–Kier alpha value is -0.0400. The summed E-state index contributed by atoms with van der Waals surface area (Å²) in [6.07, 6.45) is 13.9. The molecule has 2 rings (SSSR count). The Bertz CT molecular complexity index is 230. The predicted molar refractivity (Wildman–Crippen MR) is 74.9 cm³/mol. The Morgan fingerprint density at radius 2 is 1.71 bits per heavy atom. The van der Waals surface area contributed by atoms with Gasteiger partial charge in [0.05, 0.1) is 0 Å². The van der Waals surface area contributed by atoms with Crippen LogP contribution in [0.15, 0.2) is 0 Å². The standard InChI is InChI=1S/C16H31N/c1-13(2)15-8-5-10-16(17,11-9-15)12-14-6-3-4-7-14/h13-15H,3-12,17H2,1-2H3. The molecule has 0 aromatic carbocycles. The van der Waals surface area contributed by atoms with Crippen LogP contribution in [0.3, 0.4) is 0 Å². The number of hydrogen-bond acceptors (Lipinski definition) is 1. The largest absolute Gasteiger partial charge is 0.325 e. The van der Waals surface area contributed by atoms with Gasteiger partial charge in [-0.3, -0.25) is 0 Å². The molecule has 0 heterocycles. The van der Waals surface area contributed by atoms with Crippen molar-refractivity contribution in [1.82, 2.24) is 0 Å². The van der Waals surface area contributed by atoms with E-state index in [2.05, 4.69) is 13.8 Å². The Balaban J connectivity index is 1.87. The molecule has 0 radical (unpaired) electrons. The minimum absolute atomic E-state index is 0.193. The zero-order valence-electron chi connectivity index (χ0n) is 11.9. The number of hydrogen-bond donors (Lipinski definition) is 1. The first-order valence-corrected chi connectivity index (χ1v) is 7.88. The van der Waals surface area contributed by atoms with Crippen LogP contribution in [0.2, 0.25) is 0 Å². The first-order valence-electron chi connectivity index (χ1n) is 7.88. The van der Waals surface area contributed by atoms with Crippen molar-refractivity contribution in [3.63, 3.8) is 0 Å². The minimum atomic E-state index is 0.193. The molecule has 0 aromatic heterocycles. The zero-order valence-corrected chi connectivity index (χ0v) is 11.9. The van der Waals surface area contributed by atoms with E-state index in [1.807, 2.05) is 0 Å². The smallest absolute Gasteiger partial charge is 0.0157 e. The lowest BCUT2D eigenvalue weighted by molar-refractivity contribution is 0.274. The van der Waals surface area contributed by atoms with Gasteiger partial charge in [0.2, 0.25) is 0 Å². The molecule has 0 aromatic rings. The summed E-state index contributed by atoms with van der Waals surface area (Å²) < 4.78 is 0. The van der Waals surface area contributed by atoms with Gasteiger partial charge in [0.15, 0.2) is 0 Å². The fraction of sp³-hybridized carbons (Fsp3) is 1.00. The van der Waals surface area contributed by atoms with Gasteiger partial charge in [-0.25, -0.2) is 0 Å². The average Bonchev–Trinajstić information content (AvgIpc) is 2.67. The normalized spacial score (nSPS) is 36.4. The van der Waals surface area contributed by atoms with E-state index < -0.39 is 0 Å². The molecule has 0 aliphatic heterocycles. The van der Waals surface area contributed by atoms with Gasteiger partial charge in [-0.1, -0.05) is 52.4 Å². The fourth-order valence-electron chi connectivity index (χ4n) is 4.12. The van der Waals surface area contributed by atoms with E-state index in [-0.39, 0.29) is 5.54 Å². The molecule has 2 N–H and O–H groups in total. The van der Waals surface area contributed by atoms with Gasteiger partial charge in [-0.15, -0.1) is 0 Å². The molecule has 17 heavy (non-hydrogen) atoms. The highest BCUT2D eigenvalue weighted by atomic mass is 14.7. The Labute approximate surface area is 108 Å². The van der Waals surface area contributed by atoms with Crippen LogP contribution < -0.4 is 5.73 Å². The molecule has 2 aliphatic carbocycles. The van der Waals surface area contributed by atoms with Crippen LogP contribution in [0.4, 0.5) is 0 Å². The summed E-state index contributed by atoms with van der Waals surface area (Å²) in [5, 5.41) is 0. The summed E-state index contributed by atoms with van der Waals surface area (Å²) >= 11 is 0. The van der Waals surface area contributed by atoms with Gasteiger partial charge in [0.25, 0.3) is 0 Å². The fourth-order valence-corrected chi connectivity index (χ4v) is 4.12. The van der Waals surface area contributed by atoms with Crippen molar-refractivity contribution < 1.29 is 0 Å².